The minimum Gasteiger partial charge on any atom is -0.481 e. The van der Waals surface area contributed by atoms with Crippen molar-refractivity contribution in [1.29, 1.82) is 0 Å². The molecule has 0 bridgehead atoms. The normalized spacial score (nSPS) is 12.1. The minimum absolute atomic E-state index is 0.268. The molecule has 0 spiro atoms. The Kier molecular flexibility index (Phi) is 13.2. The van der Waals surface area contributed by atoms with E-state index in [9.17, 15) is 9.90 Å². The standard InChI is InChI=1S/C17H28O3/c1-2-3-10-13-16(18)14-11-8-6-4-5-7-9-12-15-17(19)20/h11,14,16,18H,2-5,7,9-10,12-13,15H2,1H3,(H,19,20)/b14-11+/t16-/m1/s1. The van der Waals surface area contributed by atoms with Gasteiger partial charge in [-0.05, 0) is 31.4 Å². The third-order valence-electron chi connectivity index (χ3n) is 3.05. The lowest BCUT2D eigenvalue weighted by atomic mass is 10.1. The summed E-state index contributed by atoms with van der Waals surface area (Å²) in [6.07, 6.45) is 12.2. The van der Waals surface area contributed by atoms with E-state index < -0.39 is 5.97 Å². The molecular weight excluding hydrogens is 252 g/mol. The molecule has 0 aromatic heterocycles. The van der Waals surface area contributed by atoms with E-state index in [4.69, 9.17) is 5.11 Å². The Labute approximate surface area is 123 Å². The third kappa shape index (κ3) is 14.8. The summed E-state index contributed by atoms with van der Waals surface area (Å²) in [5.41, 5.74) is 0. The Morgan fingerprint density at radius 1 is 1.15 bits per heavy atom. The lowest BCUT2D eigenvalue weighted by Crippen LogP contribution is -2.00. The Bertz CT molecular complexity index is 323. The van der Waals surface area contributed by atoms with Gasteiger partial charge in [0.15, 0.2) is 0 Å². The van der Waals surface area contributed by atoms with E-state index in [2.05, 4.69) is 18.8 Å². The molecule has 0 unspecified atom stereocenters. The van der Waals surface area contributed by atoms with Crippen LogP contribution in [-0.2, 0) is 4.79 Å². The fraction of sp³-hybridized carbons (Fsp3) is 0.706. The summed E-state index contributed by atoms with van der Waals surface area (Å²) < 4.78 is 0. The van der Waals surface area contributed by atoms with Gasteiger partial charge < -0.3 is 10.2 Å². The lowest BCUT2D eigenvalue weighted by Gasteiger charge is -2.02. The van der Waals surface area contributed by atoms with Crippen molar-refractivity contribution in [1.82, 2.24) is 0 Å². The monoisotopic (exact) mass is 280 g/mol. The van der Waals surface area contributed by atoms with Crippen LogP contribution in [0.2, 0.25) is 0 Å². The number of hydrogen-bond acceptors (Lipinski definition) is 2. The molecular formula is C17H28O3. The maximum Gasteiger partial charge on any atom is 0.303 e. The van der Waals surface area contributed by atoms with Crippen molar-refractivity contribution in [2.24, 2.45) is 0 Å². The smallest absolute Gasteiger partial charge is 0.303 e. The predicted octanol–water partition coefficient (Wildman–Crippen LogP) is 3.91. The van der Waals surface area contributed by atoms with Gasteiger partial charge in [-0.3, -0.25) is 4.79 Å². The van der Waals surface area contributed by atoms with Crippen LogP contribution in [0.4, 0.5) is 0 Å². The zero-order valence-corrected chi connectivity index (χ0v) is 12.6. The maximum atomic E-state index is 10.3. The van der Waals surface area contributed by atoms with E-state index in [0.29, 0.717) is 0 Å². The van der Waals surface area contributed by atoms with Gasteiger partial charge in [0.2, 0.25) is 0 Å². The van der Waals surface area contributed by atoms with Crippen molar-refractivity contribution in [3.63, 3.8) is 0 Å². The van der Waals surface area contributed by atoms with E-state index in [1.54, 1.807) is 12.2 Å². The number of aliphatic hydroxyl groups is 1. The number of carbonyl (C=O) groups is 1. The van der Waals surface area contributed by atoms with Crippen molar-refractivity contribution in [3.8, 4) is 11.8 Å². The fourth-order valence-corrected chi connectivity index (χ4v) is 1.83. The first-order valence-electron chi connectivity index (χ1n) is 7.71. The van der Waals surface area contributed by atoms with Crippen LogP contribution in [0.1, 0.15) is 71.1 Å². The summed E-state index contributed by atoms with van der Waals surface area (Å²) in [7, 11) is 0. The summed E-state index contributed by atoms with van der Waals surface area (Å²) in [5.74, 6) is 5.26. The molecule has 0 aliphatic rings. The molecule has 0 aromatic rings. The van der Waals surface area contributed by atoms with Crippen LogP contribution in [0, 0.1) is 11.8 Å². The number of hydrogen-bond donors (Lipinski definition) is 2. The van der Waals surface area contributed by atoms with E-state index >= 15 is 0 Å². The van der Waals surface area contributed by atoms with Crippen molar-refractivity contribution in [2.75, 3.05) is 0 Å². The molecule has 0 radical (unpaired) electrons. The number of carboxylic acids is 1. The van der Waals surface area contributed by atoms with E-state index in [0.717, 1.165) is 44.9 Å². The van der Waals surface area contributed by atoms with Crippen LogP contribution >= 0.6 is 0 Å². The average molecular weight is 280 g/mol. The fourth-order valence-electron chi connectivity index (χ4n) is 1.83. The first-order valence-corrected chi connectivity index (χ1v) is 7.71. The Hall–Kier alpha value is -1.27. The highest BCUT2D eigenvalue weighted by atomic mass is 16.4. The first kappa shape index (κ1) is 18.7. The second-order valence-electron chi connectivity index (χ2n) is 5.05. The van der Waals surface area contributed by atoms with E-state index in [-0.39, 0.29) is 12.5 Å². The van der Waals surface area contributed by atoms with Gasteiger partial charge in [-0.1, -0.05) is 50.9 Å². The Morgan fingerprint density at radius 2 is 1.90 bits per heavy atom. The molecule has 0 aliphatic carbocycles. The summed E-state index contributed by atoms with van der Waals surface area (Å²) >= 11 is 0. The molecule has 20 heavy (non-hydrogen) atoms. The van der Waals surface area contributed by atoms with Gasteiger partial charge in [0, 0.05) is 12.8 Å². The van der Waals surface area contributed by atoms with E-state index in [1.165, 1.54) is 12.8 Å². The van der Waals surface area contributed by atoms with Crippen molar-refractivity contribution >= 4 is 5.97 Å². The number of aliphatic carboxylic acids is 1. The Balaban J connectivity index is 3.45. The largest absolute Gasteiger partial charge is 0.481 e. The lowest BCUT2D eigenvalue weighted by molar-refractivity contribution is -0.137. The summed E-state index contributed by atoms with van der Waals surface area (Å²) in [4.78, 5) is 10.3. The molecule has 3 heteroatoms. The molecule has 0 fully saturated rings. The zero-order chi connectivity index (χ0) is 15.1. The van der Waals surface area contributed by atoms with Gasteiger partial charge in [0.25, 0.3) is 0 Å². The molecule has 0 saturated carbocycles. The minimum atomic E-state index is -0.715. The number of allylic oxidation sites excluding steroid dienone is 1. The molecule has 2 N–H and O–H groups in total. The molecule has 0 aromatic carbocycles. The topological polar surface area (TPSA) is 57.5 Å². The van der Waals surface area contributed by atoms with Gasteiger partial charge in [-0.2, -0.15) is 0 Å². The van der Waals surface area contributed by atoms with Gasteiger partial charge in [-0.15, -0.1) is 0 Å². The van der Waals surface area contributed by atoms with Crippen LogP contribution in [0.15, 0.2) is 12.2 Å². The van der Waals surface area contributed by atoms with Gasteiger partial charge >= 0.3 is 5.97 Å². The summed E-state index contributed by atoms with van der Waals surface area (Å²) in [5, 5.41) is 18.1. The highest BCUT2D eigenvalue weighted by molar-refractivity contribution is 5.66. The number of unbranched alkanes of at least 4 members (excludes halogenated alkanes) is 6. The molecule has 0 aliphatic heterocycles. The molecule has 3 nitrogen and oxygen atoms in total. The number of carboxylic acid groups (broad SMARTS) is 1. The SMILES string of the molecule is CCCCC[C@@H](O)/C=C/C#CCCCCCCC(=O)O. The molecule has 114 valence electrons. The van der Waals surface area contributed by atoms with Crippen molar-refractivity contribution in [3.05, 3.63) is 12.2 Å². The average Bonchev–Trinajstić information content (AvgIpc) is 2.41. The van der Waals surface area contributed by atoms with Crippen molar-refractivity contribution < 1.29 is 15.0 Å². The predicted molar refractivity (Wildman–Crippen MR) is 82.4 cm³/mol. The zero-order valence-electron chi connectivity index (χ0n) is 12.6. The van der Waals surface area contributed by atoms with Crippen LogP contribution in [0.5, 0.6) is 0 Å². The maximum absolute atomic E-state index is 10.3. The van der Waals surface area contributed by atoms with E-state index in [1.807, 2.05) is 0 Å². The Morgan fingerprint density at radius 3 is 2.60 bits per heavy atom. The molecule has 0 heterocycles. The second kappa shape index (κ2) is 14.1. The summed E-state index contributed by atoms with van der Waals surface area (Å²) in [6.45, 7) is 2.15. The van der Waals surface area contributed by atoms with Crippen molar-refractivity contribution in [2.45, 2.75) is 77.2 Å². The number of rotatable bonds is 11. The highest BCUT2D eigenvalue weighted by Gasteiger charge is 1.97. The van der Waals surface area contributed by atoms with Gasteiger partial charge in [-0.25, -0.2) is 0 Å². The van der Waals surface area contributed by atoms with Crippen LogP contribution < -0.4 is 0 Å². The van der Waals surface area contributed by atoms with Crippen LogP contribution in [0.3, 0.4) is 0 Å². The second-order valence-corrected chi connectivity index (χ2v) is 5.05. The number of aliphatic hydroxyl groups excluding tert-OH is 1. The van der Waals surface area contributed by atoms with Crippen LogP contribution in [-0.4, -0.2) is 22.3 Å². The highest BCUT2D eigenvalue weighted by Crippen LogP contribution is 2.05. The molecule has 0 saturated heterocycles. The first-order chi connectivity index (χ1) is 9.66. The van der Waals surface area contributed by atoms with Gasteiger partial charge in [0.05, 0.1) is 6.10 Å². The van der Waals surface area contributed by atoms with Gasteiger partial charge in [0.1, 0.15) is 0 Å². The summed E-state index contributed by atoms with van der Waals surface area (Å²) in [6, 6.07) is 0. The molecule has 1 atom stereocenters. The third-order valence-corrected chi connectivity index (χ3v) is 3.05. The molecule has 0 rings (SSSR count). The van der Waals surface area contributed by atoms with Crippen LogP contribution in [0.25, 0.3) is 0 Å². The molecule has 0 amide bonds. The quantitative estimate of drug-likeness (QED) is 0.445.